The van der Waals surface area contributed by atoms with Gasteiger partial charge in [0, 0.05) is 99.1 Å². The number of carbonyl (C=O) groups excluding carboxylic acids is 1. The number of piperazine rings is 1. The smallest absolute Gasteiger partial charge is 0.341 e. The summed E-state index contributed by atoms with van der Waals surface area (Å²) in [5.41, 5.74) is 7.85. The molecule has 6 heterocycles. The Morgan fingerprint density at radius 2 is 1.85 bits per heavy atom. The van der Waals surface area contributed by atoms with E-state index in [4.69, 9.17) is 9.47 Å². The van der Waals surface area contributed by atoms with Gasteiger partial charge in [-0.3, -0.25) is 9.80 Å². The van der Waals surface area contributed by atoms with Crippen molar-refractivity contribution in [3.8, 4) is 11.5 Å². The summed E-state index contributed by atoms with van der Waals surface area (Å²) in [5.74, 6) is 0.629. The molecule has 4 aromatic rings. The van der Waals surface area contributed by atoms with E-state index in [2.05, 4.69) is 55.3 Å². The van der Waals surface area contributed by atoms with Gasteiger partial charge in [0.25, 0.3) is 0 Å². The summed E-state index contributed by atoms with van der Waals surface area (Å²) in [6, 6.07) is 12.1. The second kappa shape index (κ2) is 12.6. The Hall–Kier alpha value is -3.70. The van der Waals surface area contributed by atoms with Crippen LogP contribution < -0.4 is 15.0 Å². The summed E-state index contributed by atoms with van der Waals surface area (Å²) >= 11 is 1.95. The van der Waals surface area contributed by atoms with Crippen LogP contribution in [0.15, 0.2) is 59.7 Å². The lowest BCUT2D eigenvalue weighted by atomic mass is 9.73. The van der Waals surface area contributed by atoms with Crippen LogP contribution in [0, 0.1) is 10.8 Å². The van der Waals surface area contributed by atoms with Crippen LogP contribution in [0.4, 0.5) is 5.69 Å². The van der Waals surface area contributed by atoms with E-state index in [-0.39, 0.29) is 0 Å². The number of carbonyl (C=O) groups is 1. The second-order valence-corrected chi connectivity index (χ2v) is 16.0. The second-order valence-electron chi connectivity index (χ2n) is 15.1. The summed E-state index contributed by atoms with van der Waals surface area (Å²) in [5, 5.41) is 6.81. The number of H-pyrrole nitrogens is 1. The van der Waals surface area contributed by atoms with E-state index in [1.165, 1.54) is 56.6 Å². The number of thiophene rings is 1. The van der Waals surface area contributed by atoms with Gasteiger partial charge in [-0.2, -0.15) is 0 Å². The Bertz CT molecular complexity index is 1840. The molecule has 252 valence electrons. The number of rotatable bonds is 9. The Labute approximate surface area is 286 Å². The fraction of sp³-hybridized carbons (Fsp3) is 0.474. The van der Waals surface area contributed by atoms with Crippen LogP contribution in [-0.2, 0) is 11.3 Å². The molecule has 0 atom stereocenters. The van der Waals surface area contributed by atoms with Crippen molar-refractivity contribution < 1.29 is 14.3 Å². The van der Waals surface area contributed by atoms with Crippen molar-refractivity contribution in [1.82, 2.24) is 25.1 Å². The van der Waals surface area contributed by atoms with Gasteiger partial charge in [-0.05, 0) is 71.5 Å². The number of hydrogen-bond donors (Lipinski definition) is 2. The van der Waals surface area contributed by atoms with Gasteiger partial charge in [-0.25, -0.2) is 9.78 Å². The first-order valence-electron chi connectivity index (χ1n) is 17.3. The van der Waals surface area contributed by atoms with E-state index in [1.807, 2.05) is 47.9 Å². The average Bonchev–Trinajstić information content (AvgIpc) is 3.72. The van der Waals surface area contributed by atoms with Crippen LogP contribution in [0.2, 0.25) is 0 Å². The molecule has 1 aromatic carbocycles. The maximum atomic E-state index is 12.6. The topological polar surface area (TPSA) is 86.0 Å². The number of aromatic nitrogens is 2. The monoisotopic (exact) mass is 666 g/mol. The minimum absolute atomic E-state index is 0.336. The Balaban J connectivity index is 0.943. The average molecular weight is 667 g/mol. The van der Waals surface area contributed by atoms with Crippen molar-refractivity contribution in [3.05, 3.63) is 75.7 Å². The molecule has 3 aromatic heterocycles. The maximum absolute atomic E-state index is 12.6. The third-order valence-electron chi connectivity index (χ3n) is 10.8. The number of likely N-dealkylation sites (tertiary alicyclic amines) is 1. The summed E-state index contributed by atoms with van der Waals surface area (Å²) in [6.45, 7) is 15.7. The van der Waals surface area contributed by atoms with E-state index in [9.17, 15) is 4.79 Å². The molecule has 3 aliphatic heterocycles. The SMILES string of the molecule is COC(=O)c1ccc(N2CCN(CC3=C(c4cc(CN5CC6(CNC6)C5)cs4)CC(C)(C)CC3)CC2)cc1Oc1cnc2[nH]ccc2c1. The Morgan fingerprint density at radius 1 is 1.02 bits per heavy atom. The molecule has 1 spiro atoms. The van der Waals surface area contributed by atoms with Gasteiger partial charge >= 0.3 is 5.97 Å². The number of hydrogen-bond acceptors (Lipinski definition) is 9. The zero-order valence-electron chi connectivity index (χ0n) is 28.3. The van der Waals surface area contributed by atoms with E-state index < -0.39 is 5.97 Å². The van der Waals surface area contributed by atoms with E-state index in [0.29, 0.717) is 27.9 Å². The standard InChI is InChI=1S/C38H46N6O3S/c1-37(2)8-6-28(32(17-37)34-14-26(21-48-34)19-43-24-38(25-43)22-39-23-38)20-42-10-12-44(13-11-42)29-4-5-31(36(45)46-3)33(16-29)47-30-15-27-7-9-40-35(27)41-18-30/h4-5,7,9,14-16,18,21,39H,6,8,10-13,17,19-20,22-25H2,1-3H3,(H,40,41). The number of allylic oxidation sites excluding steroid dienone is 1. The number of anilines is 1. The van der Waals surface area contributed by atoms with Crippen molar-refractivity contribution in [1.29, 1.82) is 0 Å². The predicted octanol–water partition coefficient (Wildman–Crippen LogP) is 6.39. The minimum Gasteiger partial charge on any atom is -0.465 e. The van der Waals surface area contributed by atoms with E-state index >= 15 is 0 Å². The highest BCUT2D eigenvalue weighted by molar-refractivity contribution is 7.11. The fourth-order valence-electron chi connectivity index (χ4n) is 7.97. The molecule has 0 radical (unpaired) electrons. The lowest BCUT2D eigenvalue weighted by Gasteiger charge is -2.56. The predicted molar refractivity (Wildman–Crippen MR) is 192 cm³/mol. The minimum atomic E-state index is -0.421. The quantitative estimate of drug-likeness (QED) is 0.199. The zero-order valence-corrected chi connectivity index (χ0v) is 29.1. The third kappa shape index (κ3) is 6.39. The number of pyridine rings is 1. The normalized spacial score (nSPS) is 20.9. The number of aromatic amines is 1. The molecule has 3 fully saturated rings. The molecule has 1 aliphatic carbocycles. The first-order valence-corrected chi connectivity index (χ1v) is 18.2. The Kier molecular flexibility index (Phi) is 8.31. The highest BCUT2D eigenvalue weighted by Gasteiger charge is 2.47. The number of esters is 1. The molecule has 0 bridgehead atoms. The van der Waals surface area contributed by atoms with Crippen LogP contribution in [0.1, 0.15) is 53.9 Å². The first-order chi connectivity index (χ1) is 23.2. The molecule has 4 aliphatic rings. The number of fused-ring (bicyclic) bond motifs is 1. The Morgan fingerprint density at radius 3 is 2.62 bits per heavy atom. The molecule has 8 rings (SSSR count). The largest absolute Gasteiger partial charge is 0.465 e. The highest BCUT2D eigenvalue weighted by Crippen LogP contribution is 2.45. The fourth-order valence-corrected chi connectivity index (χ4v) is 8.97. The first kappa shape index (κ1) is 31.6. The molecule has 0 unspecified atom stereocenters. The number of methoxy groups -OCH3 is 1. The van der Waals surface area contributed by atoms with Crippen molar-refractivity contribution in [2.75, 3.05) is 70.9 Å². The molecular formula is C38H46N6O3S. The maximum Gasteiger partial charge on any atom is 0.341 e. The van der Waals surface area contributed by atoms with Crippen molar-refractivity contribution in [2.24, 2.45) is 10.8 Å². The van der Waals surface area contributed by atoms with Gasteiger partial charge < -0.3 is 24.7 Å². The summed E-state index contributed by atoms with van der Waals surface area (Å²) in [4.78, 5) is 29.3. The van der Waals surface area contributed by atoms with Gasteiger partial charge in [0.05, 0.1) is 13.3 Å². The van der Waals surface area contributed by atoms with Gasteiger partial charge in [-0.1, -0.05) is 19.4 Å². The molecular weight excluding hydrogens is 621 g/mol. The highest BCUT2D eigenvalue weighted by atomic mass is 32.1. The van der Waals surface area contributed by atoms with Crippen LogP contribution in [0.3, 0.4) is 0 Å². The van der Waals surface area contributed by atoms with Crippen molar-refractivity contribution in [3.63, 3.8) is 0 Å². The number of nitrogens with one attached hydrogen (secondary N) is 2. The molecule has 0 saturated carbocycles. The molecule has 10 heteroatoms. The summed E-state index contributed by atoms with van der Waals surface area (Å²) < 4.78 is 11.3. The summed E-state index contributed by atoms with van der Waals surface area (Å²) in [7, 11) is 1.40. The lowest BCUT2D eigenvalue weighted by molar-refractivity contribution is -0.0443. The third-order valence-corrected chi connectivity index (χ3v) is 11.8. The van der Waals surface area contributed by atoms with E-state index in [1.54, 1.807) is 17.3 Å². The molecule has 3 saturated heterocycles. The van der Waals surface area contributed by atoms with Crippen LogP contribution in [0.25, 0.3) is 16.6 Å². The van der Waals surface area contributed by atoms with Gasteiger partial charge in [0.15, 0.2) is 0 Å². The van der Waals surface area contributed by atoms with Crippen LogP contribution >= 0.6 is 11.3 Å². The zero-order chi connectivity index (χ0) is 32.9. The van der Waals surface area contributed by atoms with Crippen LogP contribution in [0.5, 0.6) is 11.5 Å². The number of benzene rings is 1. The van der Waals surface area contributed by atoms with Gasteiger partial charge in [0.2, 0.25) is 0 Å². The van der Waals surface area contributed by atoms with Crippen molar-refractivity contribution >= 4 is 39.6 Å². The molecule has 2 N–H and O–H groups in total. The molecule has 0 amide bonds. The number of ether oxygens (including phenoxy) is 2. The number of nitrogens with zero attached hydrogens (tertiary/aromatic N) is 4. The summed E-state index contributed by atoms with van der Waals surface area (Å²) in [6.07, 6.45) is 7.10. The van der Waals surface area contributed by atoms with Gasteiger partial charge in [-0.15, -0.1) is 11.3 Å². The van der Waals surface area contributed by atoms with Crippen LogP contribution in [-0.4, -0.2) is 91.7 Å². The lowest BCUT2D eigenvalue weighted by Crippen LogP contribution is -2.70. The molecule has 9 nitrogen and oxygen atoms in total. The van der Waals surface area contributed by atoms with Gasteiger partial charge in [0.1, 0.15) is 22.7 Å². The van der Waals surface area contributed by atoms with E-state index in [0.717, 1.165) is 62.4 Å². The molecule has 48 heavy (non-hydrogen) atoms. The van der Waals surface area contributed by atoms with Crippen molar-refractivity contribution in [2.45, 2.75) is 39.7 Å².